The Labute approximate surface area is 163 Å². The number of nitrogens with zero attached hydrogens (tertiary/aromatic N) is 1. The molecule has 3 rings (SSSR count). The zero-order chi connectivity index (χ0) is 18.5. The highest BCUT2D eigenvalue weighted by Gasteiger charge is 2.33. The fourth-order valence-electron chi connectivity index (χ4n) is 4.59. The van der Waals surface area contributed by atoms with E-state index < -0.39 is 0 Å². The quantitative estimate of drug-likeness (QED) is 0.565. The van der Waals surface area contributed by atoms with Gasteiger partial charge >= 0.3 is 0 Å². The number of nitrogens with one attached hydrogen (secondary N) is 1. The minimum atomic E-state index is -0.0706. The van der Waals surface area contributed by atoms with E-state index in [2.05, 4.69) is 36.2 Å². The van der Waals surface area contributed by atoms with Crippen LogP contribution in [0.2, 0.25) is 0 Å². The Bertz CT molecular complexity index is 482. The topological polar surface area (TPSA) is 41.6 Å². The van der Waals surface area contributed by atoms with Crippen LogP contribution in [-0.4, -0.2) is 55.1 Å². The third-order valence-corrected chi connectivity index (χ3v) is 6.75. The summed E-state index contributed by atoms with van der Waals surface area (Å²) in [4.78, 5) is 15.2. The van der Waals surface area contributed by atoms with E-state index in [9.17, 15) is 4.79 Å². The summed E-state index contributed by atoms with van der Waals surface area (Å²) in [6, 6.07) is -0.0706. The smallest absolute Gasteiger partial charge is 0.239 e. The van der Waals surface area contributed by atoms with Crippen molar-refractivity contribution in [2.24, 2.45) is 23.7 Å². The largest absolute Gasteiger partial charge is 0.381 e. The first-order chi connectivity index (χ1) is 12.5. The molecule has 1 amide bonds. The van der Waals surface area contributed by atoms with Crippen LogP contribution in [0.4, 0.5) is 0 Å². The average molecular weight is 383 g/mol. The summed E-state index contributed by atoms with van der Waals surface area (Å²) in [5.74, 6) is 2.52. The number of piperidine rings is 1. The number of ether oxygens (including phenoxy) is 1. The minimum absolute atomic E-state index is 0.0706. The molecular formula is C21H35ClN2O2. The second-order valence-electron chi connectivity index (χ2n) is 8.66. The molecule has 0 bridgehead atoms. The van der Waals surface area contributed by atoms with Crippen molar-refractivity contribution in [3.63, 3.8) is 0 Å². The average Bonchev–Trinajstić information content (AvgIpc) is 3.16. The Morgan fingerprint density at radius 3 is 2.54 bits per heavy atom. The van der Waals surface area contributed by atoms with Gasteiger partial charge in [0, 0.05) is 26.2 Å². The fraction of sp³-hybridized carbons (Fsp3) is 0.857. The molecule has 2 fully saturated rings. The third-order valence-electron chi connectivity index (χ3n) is 6.38. The Kier molecular flexibility index (Phi) is 7.42. The molecule has 0 spiro atoms. The molecule has 2 aliphatic heterocycles. The zero-order valence-corrected chi connectivity index (χ0v) is 17.1. The maximum atomic E-state index is 13.1. The molecular weight excluding hydrogens is 348 g/mol. The number of rotatable bonds is 6. The number of carbonyl (C=O) groups is 1. The molecule has 148 valence electrons. The van der Waals surface area contributed by atoms with Crippen LogP contribution in [0.5, 0.6) is 0 Å². The lowest BCUT2D eigenvalue weighted by Gasteiger charge is -2.38. The highest BCUT2D eigenvalue weighted by atomic mass is 35.5. The van der Waals surface area contributed by atoms with Gasteiger partial charge in [-0.15, -0.1) is 11.6 Å². The standard InChI is InChI=1S/C21H35ClN2O2/c1-15(2)20(23-13-16-9-12-26-14-16)21(25)24-10-7-18(8-11-24)17-3-5-19(22)6-4-17/h3,5,15-20,23H,4,6-14H2,1-2H3/t16?,17?,19?,20-/m1/s1. The van der Waals surface area contributed by atoms with E-state index in [1.165, 1.54) is 6.42 Å². The van der Waals surface area contributed by atoms with Crippen molar-refractivity contribution in [2.75, 3.05) is 32.8 Å². The summed E-state index contributed by atoms with van der Waals surface area (Å²) in [5, 5.41) is 3.76. The van der Waals surface area contributed by atoms with Gasteiger partial charge in [-0.25, -0.2) is 0 Å². The molecule has 26 heavy (non-hydrogen) atoms. The van der Waals surface area contributed by atoms with Gasteiger partial charge in [0.2, 0.25) is 5.91 Å². The first kappa shape index (κ1) is 20.2. The van der Waals surface area contributed by atoms with Crippen molar-refractivity contribution in [1.29, 1.82) is 0 Å². The van der Waals surface area contributed by atoms with Gasteiger partial charge in [-0.3, -0.25) is 4.79 Å². The molecule has 4 nitrogen and oxygen atoms in total. The fourth-order valence-corrected chi connectivity index (χ4v) is 4.80. The maximum absolute atomic E-state index is 13.1. The van der Waals surface area contributed by atoms with Gasteiger partial charge < -0.3 is 15.0 Å². The molecule has 1 aliphatic carbocycles. The molecule has 0 aromatic heterocycles. The summed E-state index contributed by atoms with van der Waals surface area (Å²) in [7, 11) is 0. The SMILES string of the molecule is CC(C)[C@@H](NCC1CCOC1)C(=O)N1CCC(C2C=CC(Cl)CC2)CC1. The molecule has 0 aromatic carbocycles. The van der Waals surface area contributed by atoms with Gasteiger partial charge in [0.25, 0.3) is 0 Å². The number of halogens is 1. The monoisotopic (exact) mass is 382 g/mol. The van der Waals surface area contributed by atoms with E-state index in [4.69, 9.17) is 16.3 Å². The number of hydrogen-bond acceptors (Lipinski definition) is 3. The van der Waals surface area contributed by atoms with E-state index >= 15 is 0 Å². The van der Waals surface area contributed by atoms with E-state index in [1.54, 1.807) is 0 Å². The normalized spacial score (nSPS) is 31.5. The van der Waals surface area contributed by atoms with E-state index in [-0.39, 0.29) is 17.3 Å². The first-order valence-electron chi connectivity index (χ1n) is 10.5. The lowest BCUT2D eigenvalue weighted by Crippen LogP contribution is -2.52. The van der Waals surface area contributed by atoms with Crippen LogP contribution in [0.3, 0.4) is 0 Å². The summed E-state index contributed by atoms with van der Waals surface area (Å²) >= 11 is 6.17. The molecule has 0 saturated carbocycles. The minimum Gasteiger partial charge on any atom is -0.381 e. The molecule has 2 heterocycles. The molecule has 1 N–H and O–H groups in total. The number of alkyl halides is 1. The van der Waals surface area contributed by atoms with E-state index in [0.29, 0.717) is 23.7 Å². The lowest BCUT2D eigenvalue weighted by atomic mass is 9.79. The summed E-state index contributed by atoms with van der Waals surface area (Å²) in [6.45, 7) is 8.66. The second kappa shape index (κ2) is 9.57. The van der Waals surface area contributed by atoms with Gasteiger partial charge in [-0.1, -0.05) is 26.0 Å². The van der Waals surface area contributed by atoms with E-state index in [0.717, 1.165) is 58.5 Å². The van der Waals surface area contributed by atoms with Crippen molar-refractivity contribution in [3.05, 3.63) is 12.2 Å². The maximum Gasteiger partial charge on any atom is 0.239 e. The molecule has 5 heteroatoms. The molecule has 3 aliphatic rings. The Morgan fingerprint density at radius 1 is 1.19 bits per heavy atom. The van der Waals surface area contributed by atoms with Gasteiger partial charge in [0.1, 0.15) is 0 Å². The molecule has 2 saturated heterocycles. The highest BCUT2D eigenvalue weighted by molar-refractivity contribution is 6.21. The van der Waals surface area contributed by atoms with Crippen molar-refractivity contribution < 1.29 is 9.53 Å². The van der Waals surface area contributed by atoms with Crippen LogP contribution in [0.15, 0.2) is 12.2 Å². The summed E-state index contributed by atoms with van der Waals surface area (Å²) < 4.78 is 5.45. The van der Waals surface area contributed by atoms with E-state index in [1.807, 2.05) is 0 Å². The zero-order valence-electron chi connectivity index (χ0n) is 16.3. The van der Waals surface area contributed by atoms with Crippen molar-refractivity contribution in [3.8, 4) is 0 Å². The first-order valence-corrected chi connectivity index (χ1v) is 10.9. The number of hydrogen-bond donors (Lipinski definition) is 1. The van der Waals surface area contributed by atoms with Crippen molar-refractivity contribution >= 4 is 17.5 Å². The molecule has 4 atom stereocenters. The predicted octanol–water partition coefficient (Wildman–Crippen LogP) is 3.45. The van der Waals surface area contributed by atoms with Crippen LogP contribution in [-0.2, 0) is 9.53 Å². The van der Waals surface area contributed by atoms with Crippen molar-refractivity contribution in [1.82, 2.24) is 10.2 Å². The summed E-state index contributed by atoms with van der Waals surface area (Å²) in [5.41, 5.74) is 0. The molecule has 0 aromatic rings. The van der Waals surface area contributed by atoms with Gasteiger partial charge in [0.05, 0.1) is 18.0 Å². The number of likely N-dealkylation sites (tertiary alicyclic amines) is 1. The van der Waals surface area contributed by atoms with Gasteiger partial charge in [-0.05, 0) is 55.8 Å². The molecule has 0 radical (unpaired) electrons. The predicted molar refractivity (Wildman–Crippen MR) is 106 cm³/mol. The lowest BCUT2D eigenvalue weighted by molar-refractivity contribution is -0.136. The highest BCUT2D eigenvalue weighted by Crippen LogP contribution is 2.33. The van der Waals surface area contributed by atoms with Crippen LogP contribution < -0.4 is 5.32 Å². The number of allylic oxidation sites excluding steroid dienone is 2. The summed E-state index contributed by atoms with van der Waals surface area (Å²) in [6.07, 6.45) is 10.1. The van der Waals surface area contributed by atoms with Gasteiger partial charge in [-0.2, -0.15) is 0 Å². The number of carbonyl (C=O) groups excluding carboxylic acids is 1. The van der Waals surface area contributed by atoms with Crippen molar-refractivity contribution in [2.45, 2.75) is 57.4 Å². The van der Waals surface area contributed by atoms with Crippen LogP contribution >= 0.6 is 11.6 Å². The van der Waals surface area contributed by atoms with Crippen LogP contribution in [0.1, 0.15) is 46.0 Å². The Balaban J connectivity index is 1.48. The van der Waals surface area contributed by atoms with Crippen LogP contribution in [0.25, 0.3) is 0 Å². The number of amides is 1. The van der Waals surface area contributed by atoms with Crippen LogP contribution in [0, 0.1) is 23.7 Å². The second-order valence-corrected chi connectivity index (χ2v) is 9.22. The third kappa shape index (κ3) is 5.24. The Morgan fingerprint density at radius 2 is 1.96 bits per heavy atom. The van der Waals surface area contributed by atoms with Gasteiger partial charge in [0.15, 0.2) is 0 Å². The molecule has 3 unspecified atom stereocenters. The Hall–Kier alpha value is -0.580.